The highest BCUT2D eigenvalue weighted by Crippen LogP contribution is 2.35. The lowest BCUT2D eigenvalue weighted by Gasteiger charge is -2.26. The second-order valence-electron chi connectivity index (χ2n) is 4.71. The molecule has 0 fully saturated rings. The summed E-state index contributed by atoms with van der Waals surface area (Å²) < 4.78 is 10.4. The zero-order valence-corrected chi connectivity index (χ0v) is 12.3. The maximum absolute atomic E-state index is 12.0. The number of allylic oxidation sites excluding steroid dienone is 1. The second kappa shape index (κ2) is 5.90. The molecular weight excluding hydrogens is 282 g/mol. The first-order valence-electron chi connectivity index (χ1n) is 6.96. The van der Waals surface area contributed by atoms with Gasteiger partial charge in [0.05, 0.1) is 25.2 Å². The molecule has 0 saturated carbocycles. The number of esters is 1. The molecule has 0 bridgehead atoms. The monoisotopic (exact) mass is 297 g/mol. The van der Waals surface area contributed by atoms with E-state index in [9.17, 15) is 4.79 Å². The number of rotatable bonds is 4. The molecule has 1 aromatic rings. The molecule has 0 N–H and O–H groups in total. The Hall–Kier alpha value is -2.81. The van der Waals surface area contributed by atoms with Crippen molar-refractivity contribution in [2.75, 3.05) is 18.7 Å². The number of carbonyl (C=O) groups excluding carboxylic acids is 1. The Kier molecular flexibility index (Phi) is 3.79. The first-order chi connectivity index (χ1) is 10.8. The number of ether oxygens (including phenoxy) is 2. The van der Waals surface area contributed by atoms with Crippen LogP contribution < -0.4 is 9.75 Å². The van der Waals surface area contributed by atoms with Crippen LogP contribution in [0.15, 0.2) is 33.9 Å². The molecular formula is C16H15N3O3. The number of hydrogen-bond acceptors (Lipinski definition) is 6. The lowest BCUT2D eigenvalue weighted by Crippen LogP contribution is -2.35. The quantitative estimate of drug-likeness (QED) is 0.792. The third kappa shape index (κ3) is 2.31. The molecule has 6 heteroatoms. The highest BCUT2D eigenvalue weighted by molar-refractivity contribution is 6.00. The number of carbonyl (C=O) groups is 1. The number of hydrazone groups is 1. The lowest BCUT2D eigenvalue weighted by molar-refractivity contribution is -0.138. The van der Waals surface area contributed by atoms with Crippen LogP contribution in [-0.4, -0.2) is 38.3 Å². The van der Waals surface area contributed by atoms with Gasteiger partial charge in [-0.1, -0.05) is 6.07 Å². The molecule has 0 amide bonds. The molecule has 1 aromatic carbocycles. The van der Waals surface area contributed by atoms with Gasteiger partial charge in [-0.2, -0.15) is 5.10 Å². The van der Waals surface area contributed by atoms with Gasteiger partial charge in [0.25, 0.3) is 0 Å². The van der Waals surface area contributed by atoms with E-state index in [1.165, 1.54) is 0 Å². The Labute approximate surface area is 128 Å². The molecule has 2 aliphatic rings. The van der Waals surface area contributed by atoms with Crippen molar-refractivity contribution in [2.24, 2.45) is 16.0 Å². The molecule has 2 heterocycles. The van der Waals surface area contributed by atoms with Crippen LogP contribution >= 0.6 is 0 Å². The number of methoxy groups -OCH3 is 1. The molecule has 3 rings (SSSR count). The van der Waals surface area contributed by atoms with Gasteiger partial charge in [-0.05, 0) is 31.2 Å². The van der Waals surface area contributed by atoms with Gasteiger partial charge in [-0.3, -0.25) is 4.99 Å². The smallest absolute Gasteiger partial charge is 0.334 e. The van der Waals surface area contributed by atoms with Crippen LogP contribution in [-0.2, 0) is 9.53 Å². The fraction of sp³-hybridized carbons (Fsp3) is 0.312. The standard InChI is InChI=1S/C16H15N3O3/c1-3-22-16(20)11-8-9-17-15-12(11)10-18-19(15)13-6-4-5-7-14(13)21-2/h5,7-10,12,15H,3H2,1-2H3. The van der Waals surface area contributed by atoms with E-state index in [0.717, 1.165) is 0 Å². The first kappa shape index (κ1) is 14.1. The molecule has 2 atom stereocenters. The minimum absolute atomic E-state index is 0.248. The summed E-state index contributed by atoms with van der Waals surface area (Å²) in [6.07, 6.45) is 4.64. The minimum Gasteiger partial charge on any atom is -0.494 e. The summed E-state index contributed by atoms with van der Waals surface area (Å²) in [6, 6.07) is 9.37. The molecule has 0 aliphatic carbocycles. The van der Waals surface area contributed by atoms with Crippen molar-refractivity contribution in [3.05, 3.63) is 35.9 Å². The Morgan fingerprint density at radius 1 is 1.50 bits per heavy atom. The van der Waals surface area contributed by atoms with Gasteiger partial charge in [0, 0.05) is 12.4 Å². The van der Waals surface area contributed by atoms with Gasteiger partial charge in [-0.15, -0.1) is 0 Å². The average Bonchev–Trinajstić information content (AvgIpc) is 2.98. The van der Waals surface area contributed by atoms with Gasteiger partial charge in [-0.25, -0.2) is 9.80 Å². The van der Waals surface area contributed by atoms with Crippen LogP contribution in [0.3, 0.4) is 0 Å². The second-order valence-corrected chi connectivity index (χ2v) is 4.71. The van der Waals surface area contributed by atoms with Crippen molar-refractivity contribution in [1.29, 1.82) is 0 Å². The fourth-order valence-electron chi connectivity index (χ4n) is 2.47. The summed E-state index contributed by atoms with van der Waals surface area (Å²) in [7, 11) is 1.58. The molecule has 6 nitrogen and oxygen atoms in total. The van der Waals surface area contributed by atoms with E-state index in [-0.39, 0.29) is 18.1 Å². The molecule has 2 unspecified atom stereocenters. The largest absolute Gasteiger partial charge is 0.494 e. The molecule has 2 aliphatic heterocycles. The van der Waals surface area contributed by atoms with Crippen LogP contribution in [0.1, 0.15) is 6.92 Å². The maximum atomic E-state index is 12.0. The predicted octanol–water partition coefficient (Wildman–Crippen LogP) is 1.62. The summed E-state index contributed by atoms with van der Waals surface area (Å²) in [4.78, 5) is 16.5. The highest BCUT2D eigenvalue weighted by atomic mass is 16.5. The normalized spacial score (nSPS) is 21.9. The Bertz CT molecular complexity index is 666. The molecule has 112 valence electrons. The maximum Gasteiger partial charge on any atom is 0.334 e. The van der Waals surface area contributed by atoms with Gasteiger partial charge in [0.1, 0.15) is 0 Å². The zero-order valence-electron chi connectivity index (χ0n) is 12.3. The first-order valence-corrected chi connectivity index (χ1v) is 6.96. The summed E-state index contributed by atoms with van der Waals surface area (Å²) >= 11 is 0. The van der Waals surface area contributed by atoms with Crippen molar-refractivity contribution in [1.82, 2.24) is 0 Å². The number of hydrogen-bond donors (Lipinski definition) is 0. The number of anilines is 1. The Balaban J connectivity index is 1.89. The number of aliphatic imine (C=N–C) groups is 1. The molecule has 0 saturated heterocycles. The van der Waals surface area contributed by atoms with Crippen LogP contribution in [0.25, 0.3) is 0 Å². The number of nitrogens with zero attached hydrogens (tertiary/aromatic N) is 3. The van der Waals surface area contributed by atoms with E-state index in [1.54, 1.807) is 49.7 Å². The van der Waals surface area contributed by atoms with Crippen LogP contribution in [0.2, 0.25) is 0 Å². The van der Waals surface area contributed by atoms with Crippen LogP contribution in [0, 0.1) is 18.1 Å². The topological polar surface area (TPSA) is 63.5 Å². The van der Waals surface area contributed by atoms with Crippen molar-refractivity contribution >= 4 is 24.1 Å². The average molecular weight is 297 g/mol. The highest BCUT2D eigenvalue weighted by Gasteiger charge is 2.39. The Morgan fingerprint density at radius 2 is 2.36 bits per heavy atom. The molecule has 22 heavy (non-hydrogen) atoms. The van der Waals surface area contributed by atoms with Gasteiger partial charge >= 0.3 is 5.97 Å². The molecule has 0 radical (unpaired) electrons. The SMILES string of the molecule is CCOC(=O)C1=CC=NC2C1C=NN2c1c#cccc1OC. The van der Waals surface area contributed by atoms with E-state index in [0.29, 0.717) is 23.6 Å². The lowest BCUT2D eigenvalue weighted by atomic mass is 9.95. The third-order valence-corrected chi connectivity index (χ3v) is 3.48. The van der Waals surface area contributed by atoms with E-state index in [2.05, 4.69) is 22.2 Å². The van der Waals surface area contributed by atoms with Crippen molar-refractivity contribution in [3.63, 3.8) is 0 Å². The third-order valence-electron chi connectivity index (χ3n) is 3.48. The predicted molar refractivity (Wildman–Crippen MR) is 82.1 cm³/mol. The van der Waals surface area contributed by atoms with E-state index < -0.39 is 0 Å². The van der Waals surface area contributed by atoms with Crippen molar-refractivity contribution in [2.45, 2.75) is 13.1 Å². The summed E-state index contributed by atoms with van der Waals surface area (Å²) in [6.45, 7) is 2.11. The van der Waals surface area contributed by atoms with E-state index in [1.807, 2.05) is 0 Å². The number of fused-ring (bicyclic) bond motifs is 1. The van der Waals surface area contributed by atoms with Gasteiger partial charge in [0.2, 0.25) is 0 Å². The fourth-order valence-corrected chi connectivity index (χ4v) is 2.47. The summed E-state index contributed by atoms with van der Waals surface area (Å²) in [5.74, 6) is 0.0360. The Morgan fingerprint density at radius 3 is 3.14 bits per heavy atom. The van der Waals surface area contributed by atoms with Crippen LogP contribution in [0.5, 0.6) is 5.75 Å². The van der Waals surface area contributed by atoms with Gasteiger partial charge in [0.15, 0.2) is 17.6 Å². The summed E-state index contributed by atoms with van der Waals surface area (Å²) in [5, 5.41) is 6.05. The number of dihydropyridines is 1. The molecule has 0 spiro atoms. The summed E-state index contributed by atoms with van der Waals surface area (Å²) in [5.41, 5.74) is 1.18. The minimum atomic E-state index is -0.342. The molecule has 0 aromatic heterocycles. The zero-order chi connectivity index (χ0) is 15.5. The van der Waals surface area contributed by atoms with Crippen molar-refractivity contribution < 1.29 is 14.3 Å². The van der Waals surface area contributed by atoms with E-state index in [4.69, 9.17) is 9.47 Å². The van der Waals surface area contributed by atoms with Crippen LogP contribution in [0.4, 0.5) is 5.69 Å². The van der Waals surface area contributed by atoms with Gasteiger partial charge < -0.3 is 9.47 Å². The van der Waals surface area contributed by atoms with E-state index >= 15 is 0 Å². The van der Waals surface area contributed by atoms with Crippen molar-refractivity contribution in [3.8, 4) is 5.75 Å².